The fourth-order valence-electron chi connectivity index (χ4n) is 2.08. The maximum atomic E-state index is 13.1. The molecule has 2 heterocycles. The standard InChI is InChI=1S/C17H13ClFN3O2S2/c18-12-8-10(3-5-13(12)19)20-15(23)6-4-11-9-26-17(21-11)22-16(24)14-2-1-7-25-14/h1-3,5,7-9H,4,6H2,(H,20,23)(H,21,22,24). The molecule has 0 unspecified atom stereocenters. The lowest BCUT2D eigenvalue weighted by molar-refractivity contribution is -0.116. The first-order valence-corrected chi connectivity index (χ1v) is 9.69. The van der Waals surface area contributed by atoms with E-state index in [0.29, 0.717) is 27.8 Å². The summed E-state index contributed by atoms with van der Waals surface area (Å²) in [7, 11) is 0. The maximum absolute atomic E-state index is 13.1. The van der Waals surface area contributed by atoms with Crippen LogP contribution in [0.5, 0.6) is 0 Å². The molecule has 9 heteroatoms. The maximum Gasteiger partial charge on any atom is 0.267 e. The number of amides is 2. The Kier molecular flexibility index (Phi) is 5.97. The number of thiazole rings is 1. The highest BCUT2D eigenvalue weighted by molar-refractivity contribution is 7.14. The monoisotopic (exact) mass is 409 g/mol. The van der Waals surface area contributed by atoms with E-state index in [9.17, 15) is 14.0 Å². The number of halogens is 2. The van der Waals surface area contributed by atoms with Crippen molar-refractivity contribution in [1.82, 2.24) is 4.98 Å². The van der Waals surface area contributed by atoms with Crippen molar-refractivity contribution < 1.29 is 14.0 Å². The first-order valence-electron chi connectivity index (χ1n) is 7.55. The number of carbonyl (C=O) groups is 2. The number of thiophene rings is 1. The van der Waals surface area contributed by atoms with Gasteiger partial charge in [0.2, 0.25) is 5.91 Å². The van der Waals surface area contributed by atoms with Crippen LogP contribution < -0.4 is 10.6 Å². The van der Waals surface area contributed by atoms with Crippen molar-refractivity contribution in [1.29, 1.82) is 0 Å². The van der Waals surface area contributed by atoms with Gasteiger partial charge in [0.15, 0.2) is 5.13 Å². The Hall–Kier alpha value is -2.29. The predicted molar refractivity (Wildman–Crippen MR) is 103 cm³/mol. The Morgan fingerprint density at radius 3 is 2.77 bits per heavy atom. The van der Waals surface area contributed by atoms with Gasteiger partial charge in [0.05, 0.1) is 15.6 Å². The number of nitrogens with zero attached hydrogens (tertiary/aromatic N) is 1. The van der Waals surface area contributed by atoms with Crippen molar-refractivity contribution in [2.75, 3.05) is 10.6 Å². The Bertz CT molecular complexity index is 928. The van der Waals surface area contributed by atoms with Crippen molar-refractivity contribution in [3.8, 4) is 0 Å². The molecule has 0 saturated heterocycles. The molecule has 26 heavy (non-hydrogen) atoms. The fraction of sp³-hybridized carbons (Fsp3) is 0.118. The van der Waals surface area contributed by atoms with E-state index in [-0.39, 0.29) is 23.3 Å². The quantitative estimate of drug-likeness (QED) is 0.613. The molecule has 0 aliphatic rings. The molecule has 0 radical (unpaired) electrons. The van der Waals surface area contributed by atoms with Crippen LogP contribution in [-0.4, -0.2) is 16.8 Å². The minimum Gasteiger partial charge on any atom is -0.326 e. The van der Waals surface area contributed by atoms with Crippen molar-refractivity contribution in [2.24, 2.45) is 0 Å². The highest BCUT2D eigenvalue weighted by Gasteiger charge is 2.11. The van der Waals surface area contributed by atoms with Gasteiger partial charge in [-0.3, -0.25) is 14.9 Å². The first-order chi connectivity index (χ1) is 12.5. The summed E-state index contributed by atoms with van der Waals surface area (Å²) in [6.45, 7) is 0. The van der Waals surface area contributed by atoms with Gasteiger partial charge in [-0.25, -0.2) is 9.37 Å². The summed E-state index contributed by atoms with van der Waals surface area (Å²) in [5, 5.41) is 9.46. The molecule has 2 amide bonds. The van der Waals surface area contributed by atoms with Gasteiger partial charge < -0.3 is 5.32 Å². The molecule has 3 rings (SSSR count). The summed E-state index contributed by atoms with van der Waals surface area (Å²) in [6.07, 6.45) is 0.628. The van der Waals surface area contributed by atoms with E-state index in [0.717, 1.165) is 0 Å². The number of carbonyl (C=O) groups excluding carboxylic acids is 2. The third-order valence-corrected chi connectivity index (χ3v) is 5.29. The van der Waals surface area contributed by atoms with Gasteiger partial charge in [-0.2, -0.15) is 0 Å². The highest BCUT2D eigenvalue weighted by Crippen LogP contribution is 2.21. The second-order valence-corrected chi connectivity index (χ2v) is 7.47. The number of rotatable bonds is 6. The largest absolute Gasteiger partial charge is 0.326 e. The average molecular weight is 410 g/mol. The summed E-state index contributed by atoms with van der Waals surface area (Å²) in [5.41, 5.74) is 1.15. The SMILES string of the molecule is O=C(CCc1csc(NC(=O)c2cccs2)n1)Nc1ccc(F)c(Cl)c1. The zero-order valence-corrected chi connectivity index (χ0v) is 15.7. The molecule has 0 fully saturated rings. The van der Waals surface area contributed by atoms with E-state index in [1.807, 2.05) is 5.38 Å². The lowest BCUT2D eigenvalue weighted by Crippen LogP contribution is -2.12. The van der Waals surface area contributed by atoms with E-state index in [1.54, 1.807) is 17.5 Å². The molecule has 3 aromatic rings. The molecular formula is C17H13ClFN3O2S2. The van der Waals surface area contributed by atoms with E-state index < -0.39 is 5.82 Å². The molecule has 5 nitrogen and oxygen atoms in total. The van der Waals surface area contributed by atoms with Crippen LogP contribution in [0.4, 0.5) is 15.2 Å². The lowest BCUT2D eigenvalue weighted by Gasteiger charge is -2.05. The molecule has 0 aliphatic carbocycles. The minimum absolute atomic E-state index is 0.0478. The summed E-state index contributed by atoms with van der Waals surface area (Å²) in [6, 6.07) is 7.54. The van der Waals surface area contributed by atoms with Gasteiger partial charge >= 0.3 is 0 Å². The van der Waals surface area contributed by atoms with Crippen molar-refractivity contribution in [2.45, 2.75) is 12.8 Å². The van der Waals surface area contributed by atoms with Crippen molar-refractivity contribution in [3.63, 3.8) is 0 Å². The van der Waals surface area contributed by atoms with Gasteiger partial charge in [-0.15, -0.1) is 22.7 Å². The van der Waals surface area contributed by atoms with E-state index in [1.165, 1.54) is 40.9 Å². The van der Waals surface area contributed by atoms with Gasteiger partial charge in [0, 0.05) is 17.5 Å². The van der Waals surface area contributed by atoms with E-state index >= 15 is 0 Å². The average Bonchev–Trinajstić information content (AvgIpc) is 3.28. The number of hydrogen-bond donors (Lipinski definition) is 2. The highest BCUT2D eigenvalue weighted by atomic mass is 35.5. The van der Waals surface area contributed by atoms with Crippen LogP contribution in [-0.2, 0) is 11.2 Å². The summed E-state index contributed by atoms with van der Waals surface area (Å²) < 4.78 is 13.1. The molecule has 0 bridgehead atoms. The number of nitrogens with one attached hydrogen (secondary N) is 2. The van der Waals surface area contributed by atoms with Crippen LogP contribution in [0.3, 0.4) is 0 Å². The van der Waals surface area contributed by atoms with Crippen LogP contribution in [0.25, 0.3) is 0 Å². The van der Waals surface area contributed by atoms with Gasteiger partial charge in [-0.1, -0.05) is 17.7 Å². The Morgan fingerprint density at radius 2 is 2.04 bits per heavy atom. The summed E-state index contributed by atoms with van der Waals surface area (Å²) in [4.78, 5) is 28.9. The van der Waals surface area contributed by atoms with Gasteiger partial charge in [0.25, 0.3) is 5.91 Å². The Morgan fingerprint density at radius 1 is 1.19 bits per heavy atom. The molecule has 0 atom stereocenters. The molecule has 0 spiro atoms. The Labute approximate surface area is 161 Å². The first kappa shape index (κ1) is 18.5. The van der Waals surface area contributed by atoms with Crippen molar-refractivity contribution >= 4 is 56.9 Å². The predicted octanol–water partition coefficient (Wildman–Crippen LogP) is 4.82. The number of anilines is 2. The molecule has 134 valence electrons. The van der Waals surface area contributed by atoms with Gasteiger partial charge in [0.1, 0.15) is 5.82 Å². The minimum atomic E-state index is -0.538. The molecular weight excluding hydrogens is 397 g/mol. The molecule has 0 aliphatic heterocycles. The normalized spacial score (nSPS) is 10.5. The van der Waals surface area contributed by atoms with Crippen LogP contribution in [0.15, 0.2) is 41.1 Å². The smallest absolute Gasteiger partial charge is 0.267 e. The number of aromatic nitrogens is 1. The van der Waals surface area contributed by atoms with Crippen LogP contribution in [0.2, 0.25) is 5.02 Å². The third kappa shape index (κ3) is 4.87. The molecule has 2 N–H and O–H groups in total. The topological polar surface area (TPSA) is 71.1 Å². The van der Waals surface area contributed by atoms with E-state index in [4.69, 9.17) is 11.6 Å². The molecule has 2 aromatic heterocycles. The van der Waals surface area contributed by atoms with Crippen LogP contribution >= 0.6 is 34.3 Å². The third-order valence-electron chi connectivity index (χ3n) is 3.33. The van der Waals surface area contributed by atoms with Gasteiger partial charge in [-0.05, 0) is 36.1 Å². The number of hydrogen-bond acceptors (Lipinski definition) is 5. The second kappa shape index (κ2) is 8.39. The van der Waals surface area contributed by atoms with Crippen molar-refractivity contribution in [3.05, 3.63) is 62.5 Å². The Balaban J connectivity index is 1.50. The van der Waals surface area contributed by atoms with Crippen LogP contribution in [0.1, 0.15) is 21.8 Å². The fourth-order valence-corrected chi connectivity index (χ4v) is 3.62. The summed E-state index contributed by atoms with van der Waals surface area (Å²) >= 11 is 8.34. The molecule has 0 saturated carbocycles. The van der Waals surface area contributed by atoms with E-state index in [2.05, 4.69) is 15.6 Å². The second-order valence-electron chi connectivity index (χ2n) is 5.25. The summed E-state index contributed by atoms with van der Waals surface area (Å²) in [5.74, 6) is -0.971. The molecule has 1 aromatic carbocycles. The lowest BCUT2D eigenvalue weighted by atomic mass is 10.2. The number of aryl methyl sites for hydroxylation is 1. The number of benzene rings is 1. The zero-order valence-electron chi connectivity index (χ0n) is 13.3. The zero-order chi connectivity index (χ0) is 18.5. The van der Waals surface area contributed by atoms with Crippen LogP contribution in [0, 0.1) is 5.82 Å².